The summed E-state index contributed by atoms with van der Waals surface area (Å²) in [5.74, 6) is -0.523. The number of halogens is 2. The van der Waals surface area contributed by atoms with Crippen molar-refractivity contribution in [2.45, 2.75) is 4.90 Å². The zero-order valence-corrected chi connectivity index (χ0v) is 9.69. The summed E-state index contributed by atoms with van der Waals surface area (Å²) in [4.78, 5) is 0.506. The molecule has 0 saturated carbocycles. The molecule has 0 heterocycles. The molecule has 0 saturated heterocycles. The summed E-state index contributed by atoms with van der Waals surface area (Å²) in [7, 11) is 0. The van der Waals surface area contributed by atoms with Gasteiger partial charge >= 0.3 is 0 Å². The van der Waals surface area contributed by atoms with E-state index in [1.807, 2.05) is 0 Å². The predicted octanol–water partition coefficient (Wildman–Crippen LogP) is 2.40. The van der Waals surface area contributed by atoms with Crippen molar-refractivity contribution in [2.24, 2.45) is 10.9 Å². The molecule has 1 aromatic carbocycles. The first kappa shape index (κ1) is 11.3. The molecule has 0 spiro atoms. The molecule has 0 aliphatic carbocycles. The number of nitrogens with two attached hydrogens (primary N) is 1. The molecular weight excluding hydrogens is 271 g/mol. The quantitative estimate of drug-likeness (QED) is 0.287. The number of oxime groups is 1. The maximum atomic E-state index is 13.5. The molecule has 0 amide bonds. The lowest BCUT2D eigenvalue weighted by atomic mass is 10.2. The maximum absolute atomic E-state index is 13.5. The molecule has 0 unspecified atom stereocenters. The van der Waals surface area contributed by atoms with E-state index in [-0.39, 0.29) is 10.3 Å². The zero-order chi connectivity index (χ0) is 10.7. The highest BCUT2D eigenvalue weighted by Crippen LogP contribution is 2.28. The van der Waals surface area contributed by atoms with Crippen molar-refractivity contribution in [3.63, 3.8) is 0 Å². The smallest absolute Gasteiger partial charge is 0.171 e. The third-order valence-corrected chi connectivity index (χ3v) is 3.18. The van der Waals surface area contributed by atoms with Gasteiger partial charge in [-0.3, -0.25) is 0 Å². The van der Waals surface area contributed by atoms with E-state index in [1.54, 1.807) is 18.4 Å². The molecule has 1 aromatic rings. The van der Waals surface area contributed by atoms with Gasteiger partial charge in [0.05, 0.1) is 4.47 Å². The minimum absolute atomic E-state index is 0.122. The largest absolute Gasteiger partial charge is 0.409 e. The molecule has 0 bridgehead atoms. The second-order valence-electron chi connectivity index (χ2n) is 2.43. The van der Waals surface area contributed by atoms with Crippen molar-refractivity contribution in [1.29, 1.82) is 0 Å². The number of thioether (sulfide) groups is 1. The average Bonchev–Trinajstić information content (AvgIpc) is 2.21. The van der Waals surface area contributed by atoms with Crippen molar-refractivity contribution in [1.82, 2.24) is 0 Å². The highest BCUT2D eigenvalue weighted by molar-refractivity contribution is 9.10. The van der Waals surface area contributed by atoms with Crippen molar-refractivity contribution in [2.75, 3.05) is 6.26 Å². The van der Waals surface area contributed by atoms with Crippen LogP contribution < -0.4 is 5.73 Å². The van der Waals surface area contributed by atoms with E-state index in [0.29, 0.717) is 10.5 Å². The van der Waals surface area contributed by atoms with E-state index >= 15 is 0 Å². The molecule has 3 N–H and O–H groups in total. The Balaban J connectivity index is 3.31. The first-order valence-electron chi connectivity index (χ1n) is 3.61. The van der Waals surface area contributed by atoms with Crippen LogP contribution in [-0.2, 0) is 0 Å². The Labute approximate surface area is 93.3 Å². The van der Waals surface area contributed by atoms with E-state index in [9.17, 15) is 4.39 Å². The molecule has 0 fully saturated rings. The summed E-state index contributed by atoms with van der Waals surface area (Å²) in [5, 5.41) is 11.3. The lowest BCUT2D eigenvalue weighted by Gasteiger charge is -2.06. The van der Waals surface area contributed by atoms with E-state index < -0.39 is 5.82 Å². The number of hydrogen-bond acceptors (Lipinski definition) is 3. The van der Waals surface area contributed by atoms with Crippen LogP contribution in [0.25, 0.3) is 0 Å². The number of hydrogen-bond donors (Lipinski definition) is 2. The fourth-order valence-electron chi connectivity index (χ4n) is 0.941. The molecule has 0 aliphatic heterocycles. The summed E-state index contributed by atoms with van der Waals surface area (Å²) in [6.45, 7) is 0. The Kier molecular flexibility index (Phi) is 3.77. The minimum atomic E-state index is -0.401. The molecule has 1 rings (SSSR count). The van der Waals surface area contributed by atoms with Crippen LogP contribution in [0.4, 0.5) is 4.39 Å². The van der Waals surface area contributed by atoms with Gasteiger partial charge in [0.15, 0.2) is 11.7 Å². The van der Waals surface area contributed by atoms with Gasteiger partial charge in [-0.05, 0) is 34.3 Å². The van der Waals surface area contributed by atoms with Crippen LogP contribution in [0.2, 0.25) is 0 Å². The van der Waals surface area contributed by atoms with Gasteiger partial charge in [0.1, 0.15) is 0 Å². The number of amidine groups is 1. The SMILES string of the molecule is CSc1ccc(/C(N)=N/O)c(Br)c1F. The topological polar surface area (TPSA) is 58.6 Å². The van der Waals surface area contributed by atoms with Crippen molar-refractivity contribution < 1.29 is 9.60 Å². The Morgan fingerprint density at radius 3 is 2.79 bits per heavy atom. The van der Waals surface area contributed by atoms with Crippen molar-refractivity contribution in [3.8, 4) is 0 Å². The van der Waals surface area contributed by atoms with Crippen molar-refractivity contribution >= 4 is 33.5 Å². The van der Waals surface area contributed by atoms with Gasteiger partial charge in [-0.1, -0.05) is 5.16 Å². The second kappa shape index (κ2) is 4.65. The van der Waals surface area contributed by atoms with Crippen LogP contribution in [0, 0.1) is 5.82 Å². The normalized spacial score (nSPS) is 11.8. The monoisotopic (exact) mass is 278 g/mol. The van der Waals surface area contributed by atoms with Crippen LogP contribution in [0.1, 0.15) is 5.56 Å². The Bertz CT molecular complexity index is 384. The molecule has 76 valence electrons. The van der Waals surface area contributed by atoms with Crippen LogP contribution >= 0.6 is 27.7 Å². The third-order valence-electron chi connectivity index (χ3n) is 1.65. The first-order valence-corrected chi connectivity index (χ1v) is 5.63. The lowest BCUT2D eigenvalue weighted by Crippen LogP contribution is -2.14. The van der Waals surface area contributed by atoms with Crippen LogP contribution in [0.3, 0.4) is 0 Å². The second-order valence-corrected chi connectivity index (χ2v) is 4.07. The van der Waals surface area contributed by atoms with E-state index in [1.165, 1.54) is 11.8 Å². The summed E-state index contributed by atoms with van der Waals surface area (Å²) in [6, 6.07) is 3.17. The average molecular weight is 279 g/mol. The fourth-order valence-corrected chi connectivity index (χ4v) is 2.11. The van der Waals surface area contributed by atoms with Gasteiger partial charge in [-0.2, -0.15) is 0 Å². The highest BCUT2D eigenvalue weighted by Gasteiger charge is 2.12. The molecule has 14 heavy (non-hydrogen) atoms. The van der Waals surface area contributed by atoms with E-state index in [4.69, 9.17) is 10.9 Å². The molecule has 0 atom stereocenters. The van der Waals surface area contributed by atoms with Crippen molar-refractivity contribution in [3.05, 3.63) is 28.0 Å². The fraction of sp³-hybridized carbons (Fsp3) is 0.125. The van der Waals surface area contributed by atoms with Gasteiger partial charge in [0, 0.05) is 10.5 Å². The third kappa shape index (κ3) is 2.01. The van der Waals surface area contributed by atoms with Gasteiger partial charge in [0.25, 0.3) is 0 Å². The molecule has 3 nitrogen and oxygen atoms in total. The lowest BCUT2D eigenvalue weighted by molar-refractivity contribution is 0.318. The number of rotatable bonds is 2. The highest BCUT2D eigenvalue weighted by atomic mass is 79.9. The molecule has 0 aliphatic rings. The standard InChI is InChI=1S/C8H8BrFN2OS/c1-14-5-3-2-4(8(11)12-13)6(9)7(5)10/h2-3,13H,1H3,(H2,11,12). The Hall–Kier alpha value is -0.750. The van der Waals surface area contributed by atoms with Gasteiger partial charge in [-0.15, -0.1) is 11.8 Å². The zero-order valence-electron chi connectivity index (χ0n) is 7.29. The number of benzene rings is 1. The Morgan fingerprint density at radius 1 is 1.64 bits per heavy atom. The van der Waals surface area contributed by atoms with Gasteiger partial charge < -0.3 is 10.9 Å². The summed E-state index contributed by atoms with van der Waals surface area (Å²) in [5.41, 5.74) is 5.69. The van der Waals surface area contributed by atoms with Crippen LogP contribution in [-0.4, -0.2) is 17.3 Å². The molecule has 0 radical (unpaired) electrons. The summed E-state index contributed by atoms with van der Waals surface area (Å²) >= 11 is 4.34. The van der Waals surface area contributed by atoms with Crippen LogP contribution in [0.15, 0.2) is 26.7 Å². The van der Waals surface area contributed by atoms with Gasteiger partial charge in [0.2, 0.25) is 0 Å². The van der Waals surface area contributed by atoms with E-state index in [2.05, 4.69) is 21.1 Å². The van der Waals surface area contributed by atoms with Gasteiger partial charge in [-0.25, -0.2) is 4.39 Å². The van der Waals surface area contributed by atoms with E-state index in [0.717, 1.165) is 0 Å². The molecule has 6 heteroatoms. The summed E-state index contributed by atoms with van der Waals surface area (Å²) < 4.78 is 13.7. The summed E-state index contributed by atoms with van der Waals surface area (Å²) in [6.07, 6.45) is 1.77. The minimum Gasteiger partial charge on any atom is -0.409 e. The molecular formula is C8H8BrFN2OS. The Morgan fingerprint density at radius 2 is 2.29 bits per heavy atom. The van der Waals surface area contributed by atoms with Crippen LogP contribution in [0.5, 0.6) is 0 Å². The maximum Gasteiger partial charge on any atom is 0.171 e. The number of nitrogens with zero attached hydrogens (tertiary/aromatic N) is 1. The first-order chi connectivity index (χ1) is 6.61. The molecule has 0 aromatic heterocycles. The predicted molar refractivity (Wildman–Crippen MR) is 58.4 cm³/mol.